The van der Waals surface area contributed by atoms with Gasteiger partial charge in [-0.2, -0.15) is 4.80 Å². The Bertz CT molecular complexity index is 851. The molecule has 0 aliphatic rings. The van der Waals surface area contributed by atoms with Gasteiger partial charge in [0.1, 0.15) is 0 Å². The van der Waals surface area contributed by atoms with Gasteiger partial charge in [0.25, 0.3) is 5.69 Å². The first kappa shape index (κ1) is 14.9. The summed E-state index contributed by atoms with van der Waals surface area (Å²) in [6.07, 6.45) is 0. The number of nitrogens with zero attached hydrogens (tertiary/aromatic N) is 6. The van der Waals surface area contributed by atoms with Crippen molar-refractivity contribution in [1.82, 2.24) is 25.2 Å². The van der Waals surface area contributed by atoms with E-state index in [0.717, 1.165) is 14.6 Å². The number of rotatable bonds is 3. The predicted molar refractivity (Wildman–Crippen MR) is 83.2 cm³/mol. The number of benzene rings is 1. The van der Waals surface area contributed by atoms with Crippen LogP contribution < -0.4 is 0 Å². The Morgan fingerprint density at radius 2 is 2.14 bits per heavy atom. The summed E-state index contributed by atoms with van der Waals surface area (Å²) in [5.41, 5.74) is 0.547. The summed E-state index contributed by atoms with van der Waals surface area (Å²) in [4.78, 5) is 16.3. The van der Waals surface area contributed by atoms with E-state index in [1.165, 1.54) is 35.2 Å². The molecule has 0 saturated carbocycles. The number of nitro groups is 1. The molecule has 3 aromatic rings. The fraction of sp³-hybridized carbons (Fsp3) is 0.333. The maximum Gasteiger partial charge on any atom is 0.270 e. The van der Waals surface area contributed by atoms with Crippen LogP contribution in [0.2, 0.25) is 0 Å². The van der Waals surface area contributed by atoms with Crippen molar-refractivity contribution in [2.75, 3.05) is 0 Å². The third kappa shape index (κ3) is 2.92. The van der Waals surface area contributed by atoms with Gasteiger partial charge in [-0.3, -0.25) is 10.1 Å². The van der Waals surface area contributed by atoms with E-state index < -0.39 is 4.92 Å². The minimum Gasteiger partial charge on any atom is -0.258 e. The van der Waals surface area contributed by atoms with Crippen LogP contribution in [-0.2, 0) is 5.54 Å². The molecule has 0 amide bonds. The zero-order chi connectivity index (χ0) is 15.9. The number of tetrazole rings is 1. The van der Waals surface area contributed by atoms with Gasteiger partial charge in [-0.05, 0) is 43.8 Å². The fourth-order valence-electron chi connectivity index (χ4n) is 1.65. The second-order valence-electron chi connectivity index (χ2n) is 5.52. The van der Waals surface area contributed by atoms with Crippen molar-refractivity contribution in [1.29, 1.82) is 0 Å². The van der Waals surface area contributed by atoms with Crippen molar-refractivity contribution in [2.45, 2.75) is 35.8 Å². The highest BCUT2D eigenvalue weighted by atomic mass is 32.2. The first-order valence-corrected chi connectivity index (χ1v) is 7.99. The van der Waals surface area contributed by atoms with Crippen LogP contribution in [0.4, 0.5) is 5.69 Å². The molecule has 2 heterocycles. The zero-order valence-electron chi connectivity index (χ0n) is 12.0. The molecule has 0 aliphatic heterocycles. The zero-order valence-corrected chi connectivity index (χ0v) is 13.7. The third-order valence-corrected chi connectivity index (χ3v) is 4.66. The molecule has 10 heteroatoms. The van der Waals surface area contributed by atoms with Gasteiger partial charge < -0.3 is 0 Å². The monoisotopic (exact) mass is 336 g/mol. The van der Waals surface area contributed by atoms with Crippen molar-refractivity contribution < 1.29 is 4.92 Å². The van der Waals surface area contributed by atoms with Crippen molar-refractivity contribution >= 4 is 39.0 Å². The number of hydrogen-bond donors (Lipinski definition) is 0. The molecule has 0 atom stereocenters. The Balaban J connectivity index is 1.88. The van der Waals surface area contributed by atoms with E-state index in [0.29, 0.717) is 5.16 Å². The third-order valence-electron chi connectivity index (χ3n) is 2.74. The van der Waals surface area contributed by atoms with Gasteiger partial charge in [0, 0.05) is 12.1 Å². The number of non-ortho nitro benzene ring substituents is 1. The second kappa shape index (κ2) is 5.29. The lowest BCUT2D eigenvalue weighted by Crippen LogP contribution is -2.24. The highest BCUT2D eigenvalue weighted by molar-refractivity contribution is 8.01. The lowest BCUT2D eigenvalue weighted by molar-refractivity contribution is -0.384. The first-order chi connectivity index (χ1) is 10.3. The normalized spacial score (nSPS) is 12.0. The molecule has 2 aromatic heterocycles. The van der Waals surface area contributed by atoms with E-state index in [-0.39, 0.29) is 11.2 Å². The van der Waals surface area contributed by atoms with Crippen LogP contribution in [-0.4, -0.2) is 30.1 Å². The maximum absolute atomic E-state index is 10.8. The van der Waals surface area contributed by atoms with E-state index in [1.807, 2.05) is 20.8 Å². The van der Waals surface area contributed by atoms with Crippen LogP contribution >= 0.6 is 23.1 Å². The molecule has 3 rings (SSSR count). The number of thiazole rings is 1. The van der Waals surface area contributed by atoms with Crippen LogP contribution in [0, 0.1) is 10.1 Å². The Morgan fingerprint density at radius 3 is 2.77 bits per heavy atom. The van der Waals surface area contributed by atoms with Gasteiger partial charge in [-0.25, -0.2) is 4.98 Å². The number of nitro benzene ring substituents is 1. The summed E-state index contributed by atoms with van der Waals surface area (Å²) in [7, 11) is 0. The van der Waals surface area contributed by atoms with E-state index in [4.69, 9.17) is 0 Å². The van der Waals surface area contributed by atoms with Crippen LogP contribution in [0.15, 0.2) is 27.7 Å². The summed E-state index contributed by atoms with van der Waals surface area (Å²) in [5.74, 6) is 0. The number of fused-ring (bicyclic) bond motifs is 1. The number of aromatic nitrogens is 5. The smallest absolute Gasteiger partial charge is 0.258 e. The Labute approximate surface area is 133 Å². The topological polar surface area (TPSA) is 99.6 Å². The molecule has 0 saturated heterocycles. The Morgan fingerprint density at radius 1 is 1.36 bits per heavy atom. The van der Waals surface area contributed by atoms with Crippen molar-refractivity contribution in [2.24, 2.45) is 0 Å². The molecular weight excluding hydrogens is 324 g/mol. The molecule has 0 fully saturated rings. The van der Waals surface area contributed by atoms with E-state index >= 15 is 0 Å². The minimum atomic E-state index is -0.414. The molecule has 0 unspecified atom stereocenters. The summed E-state index contributed by atoms with van der Waals surface area (Å²) in [6, 6.07) is 4.62. The highest BCUT2D eigenvalue weighted by Gasteiger charge is 2.18. The van der Waals surface area contributed by atoms with E-state index in [9.17, 15) is 10.1 Å². The van der Waals surface area contributed by atoms with Gasteiger partial charge in [-0.1, -0.05) is 0 Å². The molecule has 0 bridgehead atoms. The number of hydrogen-bond acceptors (Lipinski definition) is 8. The molecule has 114 valence electrons. The summed E-state index contributed by atoms with van der Waals surface area (Å²) in [6.45, 7) is 5.96. The van der Waals surface area contributed by atoms with Gasteiger partial charge in [0.2, 0.25) is 5.16 Å². The molecule has 0 aliphatic carbocycles. The molecule has 1 aromatic carbocycles. The molecular formula is C12H12N6O2S2. The standard InChI is InChI=1S/C12H12N6O2S2/c1-12(2,3)18-15-10(14-16-18)22-11-13-8-5-4-7(17(19)20)6-9(8)21-11/h4-6H,1-3H3. The highest BCUT2D eigenvalue weighted by Crippen LogP contribution is 2.34. The summed E-state index contributed by atoms with van der Waals surface area (Å²) >= 11 is 2.67. The maximum atomic E-state index is 10.8. The lowest BCUT2D eigenvalue weighted by Gasteiger charge is -2.15. The molecule has 8 nitrogen and oxygen atoms in total. The average Bonchev–Trinajstić information content (AvgIpc) is 3.03. The average molecular weight is 336 g/mol. The fourth-order valence-corrected chi connectivity index (χ4v) is 3.54. The predicted octanol–water partition coefficient (Wildman–Crippen LogP) is 3.10. The van der Waals surface area contributed by atoms with Gasteiger partial charge >= 0.3 is 0 Å². The van der Waals surface area contributed by atoms with E-state index in [2.05, 4.69) is 20.4 Å². The van der Waals surface area contributed by atoms with Crippen LogP contribution in [0.25, 0.3) is 10.2 Å². The van der Waals surface area contributed by atoms with Crippen molar-refractivity contribution in [3.63, 3.8) is 0 Å². The van der Waals surface area contributed by atoms with Gasteiger partial charge in [-0.15, -0.1) is 21.5 Å². The summed E-state index contributed by atoms with van der Waals surface area (Å²) in [5, 5.41) is 23.6. The van der Waals surface area contributed by atoms with Crippen molar-refractivity contribution in [3.8, 4) is 0 Å². The minimum absolute atomic E-state index is 0.0597. The second-order valence-corrected chi connectivity index (χ2v) is 7.77. The Hall–Kier alpha value is -2.07. The molecule has 0 N–H and O–H groups in total. The van der Waals surface area contributed by atoms with Gasteiger partial charge in [0.15, 0.2) is 4.34 Å². The molecule has 22 heavy (non-hydrogen) atoms. The molecule has 0 radical (unpaired) electrons. The van der Waals surface area contributed by atoms with Gasteiger partial charge in [0.05, 0.1) is 20.7 Å². The van der Waals surface area contributed by atoms with Crippen LogP contribution in [0.1, 0.15) is 20.8 Å². The SMILES string of the molecule is CC(C)(C)n1nnc(Sc2nc3ccc([N+](=O)[O-])cc3s2)n1. The quantitative estimate of drug-likeness (QED) is 0.535. The summed E-state index contributed by atoms with van der Waals surface area (Å²) < 4.78 is 1.49. The largest absolute Gasteiger partial charge is 0.270 e. The first-order valence-electron chi connectivity index (χ1n) is 6.36. The lowest BCUT2D eigenvalue weighted by atomic mass is 10.1. The van der Waals surface area contributed by atoms with Crippen LogP contribution in [0.3, 0.4) is 0 Å². The van der Waals surface area contributed by atoms with E-state index in [1.54, 1.807) is 10.9 Å². The Kier molecular flexibility index (Phi) is 3.57. The van der Waals surface area contributed by atoms with Crippen LogP contribution in [0.5, 0.6) is 0 Å². The molecule has 0 spiro atoms. The van der Waals surface area contributed by atoms with Crippen molar-refractivity contribution in [3.05, 3.63) is 28.3 Å².